The second-order valence-corrected chi connectivity index (χ2v) is 1.83. The van der Waals surface area contributed by atoms with Crippen LogP contribution < -0.4 is 16.6 Å². The molecule has 0 heterocycles. The van der Waals surface area contributed by atoms with Crippen LogP contribution in [0.4, 0.5) is 0 Å². The summed E-state index contributed by atoms with van der Waals surface area (Å²) in [5, 5.41) is 8.12. The highest BCUT2D eigenvalue weighted by atomic mass is 16.5. The van der Waals surface area contributed by atoms with Gasteiger partial charge in [-0.2, -0.15) is 5.26 Å². The van der Waals surface area contributed by atoms with Crippen LogP contribution in [0.5, 0.6) is 0 Å². The number of amides is 1. The first kappa shape index (κ1) is 10.3. The third-order valence-electron chi connectivity index (χ3n) is 0.842. The topological polar surface area (TPSA) is 100 Å². The standard InChI is InChI=1S/C6H10N4O2/c1-12-4-6(11)10-9-5(8)2-3-7/h2,9H,4,8H2,1H3,(H,10,11)/b5-2-. The number of carbonyl (C=O) groups excluding carboxylic acids is 1. The predicted molar refractivity (Wildman–Crippen MR) is 41.0 cm³/mol. The van der Waals surface area contributed by atoms with Gasteiger partial charge >= 0.3 is 0 Å². The van der Waals surface area contributed by atoms with Crippen LogP contribution in [0, 0.1) is 11.3 Å². The first-order valence-electron chi connectivity index (χ1n) is 3.09. The van der Waals surface area contributed by atoms with Gasteiger partial charge in [0.05, 0.1) is 12.1 Å². The maximum Gasteiger partial charge on any atom is 0.264 e. The van der Waals surface area contributed by atoms with E-state index in [1.165, 1.54) is 7.11 Å². The van der Waals surface area contributed by atoms with Gasteiger partial charge in [0.2, 0.25) is 0 Å². The Balaban J connectivity index is 3.63. The minimum Gasteiger partial charge on any atom is -0.384 e. The van der Waals surface area contributed by atoms with Crippen LogP contribution in [0.3, 0.4) is 0 Å². The summed E-state index contributed by atoms with van der Waals surface area (Å²) in [5.74, 6) is -0.297. The van der Waals surface area contributed by atoms with Crippen LogP contribution in [0.15, 0.2) is 11.9 Å². The van der Waals surface area contributed by atoms with Crippen molar-refractivity contribution in [2.75, 3.05) is 13.7 Å². The third kappa shape index (κ3) is 5.08. The largest absolute Gasteiger partial charge is 0.384 e. The molecule has 0 aliphatic rings. The average molecular weight is 170 g/mol. The van der Waals surface area contributed by atoms with Crippen molar-refractivity contribution in [1.82, 2.24) is 10.9 Å². The highest BCUT2D eigenvalue weighted by Crippen LogP contribution is 1.72. The number of hydrazine groups is 1. The van der Waals surface area contributed by atoms with E-state index in [1.807, 2.05) is 0 Å². The van der Waals surface area contributed by atoms with Gasteiger partial charge in [-0.1, -0.05) is 0 Å². The fourth-order valence-electron chi connectivity index (χ4n) is 0.415. The number of nitrogens with one attached hydrogen (secondary N) is 2. The van der Waals surface area contributed by atoms with Gasteiger partial charge in [-0.05, 0) is 0 Å². The second-order valence-electron chi connectivity index (χ2n) is 1.83. The van der Waals surface area contributed by atoms with Gasteiger partial charge in [0.25, 0.3) is 5.91 Å². The molecule has 6 nitrogen and oxygen atoms in total. The smallest absolute Gasteiger partial charge is 0.264 e. The molecule has 0 aliphatic carbocycles. The zero-order valence-corrected chi connectivity index (χ0v) is 6.63. The van der Waals surface area contributed by atoms with Crippen LogP contribution in [-0.2, 0) is 9.53 Å². The second kappa shape index (κ2) is 6.00. The molecule has 12 heavy (non-hydrogen) atoms. The van der Waals surface area contributed by atoms with Gasteiger partial charge in [-0.25, -0.2) is 0 Å². The highest BCUT2D eigenvalue weighted by molar-refractivity contribution is 5.76. The number of hydrogen-bond acceptors (Lipinski definition) is 5. The van der Waals surface area contributed by atoms with Crippen LogP contribution in [0.25, 0.3) is 0 Å². The molecule has 6 heteroatoms. The first-order valence-corrected chi connectivity index (χ1v) is 3.09. The van der Waals surface area contributed by atoms with E-state index in [-0.39, 0.29) is 18.3 Å². The maximum atomic E-state index is 10.7. The average Bonchev–Trinajstić information content (AvgIpc) is 2.02. The SMILES string of the molecule is COCC(=O)NN/C(N)=C\C#N. The van der Waals surface area contributed by atoms with E-state index in [1.54, 1.807) is 6.07 Å². The summed E-state index contributed by atoms with van der Waals surface area (Å²) in [6.07, 6.45) is 1.06. The zero-order valence-electron chi connectivity index (χ0n) is 6.63. The van der Waals surface area contributed by atoms with E-state index in [9.17, 15) is 4.79 Å². The van der Waals surface area contributed by atoms with E-state index in [0.29, 0.717) is 0 Å². The van der Waals surface area contributed by atoms with E-state index in [0.717, 1.165) is 6.08 Å². The van der Waals surface area contributed by atoms with Gasteiger partial charge in [0, 0.05) is 7.11 Å². The van der Waals surface area contributed by atoms with Gasteiger partial charge in [-0.3, -0.25) is 15.6 Å². The van der Waals surface area contributed by atoms with E-state index in [4.69, 9.17) is 11.0 Å². The molecule has 1 amide bonds. The Kier molecular flexibility index (Phi) is 5.13. The van der Waals surface area contributed by atoms with Crippen LogP contribution in [0.2, 0.25) is 0 Å². The van der Waals surface area contributed by atoms with Crippen molar-refractivity contribution in [3.63, 3.8) is 0 Å². The Morgan fingerprint density at radius 2 is 2.42 bits per heavy atom. The molecular weight excluding hydrogens is 160 g/mol. The summed E-state index contributed by atoms with van der Waals surface area (Å²) in [5.41, 5.74) is 9.72. The lowest BCUT2D eigenvalue weighted by Crippen LogP contribution is -2.41. The number of carbonyl (C=O) groups is 1. The molecule has 0 atom stereocenters. The first-order chi connectivity index (χ1) is 5.70. The lowest BCUT2D eigenvalue weighted by molar-refractivity contribution is -0.125. The molecule has 4 N–H and O–H groups in total. The quantitative estimate of drug-likeness (QED) is 0.355. The molecule has 0 spiro atoms. The molecule has 0 fully saturated rings. The Bertz CT molecular complexity index is 218. The third-order valence-corrected chi connectivity index (χ3v) is 0.842. The number of ether oxygens (including phenoxy) is 1. The van der Waals surface area contributed by atoms with Crippen LogP contribution in [0.1, 0.15) is 0 Å². The fraction of sp³-hybridized carbons (Fsp3) is 0.333. The number of nitriles is 1. The summed E-state index contributed by atoms with van der Waals surface area (Å²) in [7, 11) is 1.40. The van der Waals surface area contributed by atoms with Crippen LogP contribution >= 0.6 is 0 Å². The Labute approximate surface area is 70.0 Å². The van der Waals surface area contributed by atoms with Crippen molar-refractivity contribution in [1.29, 1.82) is 5.26 Å². The van der Waals surface area contributed by atoms with Gasteiger partial charge in [0.1, 0.15) is 12.4 Å². The molecule has 0 rings (SSSR count). The lowest BCUT2D eigenvalue weighted by atomic mass is 10.6. The molecular formula is C6H10N4O2. The van der Waals surface area contributed by atoms with E-state index < -0.39 is 0 Å². The maximum absolute atomic E-state index is 10.7. The molecule has 0 aromatic carbocycles. The number of nitrogens with two attached hydrogens (primary N) is 1. The molecule has 0 saturated carbocycles. The molecule has 66 valence electrons. The highest BCUT2D eigenvalue weighted by Gasteiger charge is 1.97. The molecule has 0 aromatic heterocycles. The lowest BCUT2D eigenvalue weighted by Gasteiger charge is -2.05. The summed E-state index contributed by atoms with van der Waals surface area (Å²) in [6.45, 7) is -0.0627. The minimum atomic E-state index is -0.369. The number of nitrogens with zero attached hydrogens (tertiary/aromatic N) is 1. The number of hydrogen-bond donors (Lipinski definition) is 3. The molecule has 0 unspecified atom stereocenters. The van der Waals surface area contributed by atoms with E-state index in [2.05, 4.69) is 15.6 Å². The van der Waals surface area contributed by atoms with Crippen molar-refractivity contribution in [2.45, 2.75) is 0 Å². The number of methoxy groups -OCH3 is 1. The monoisotopic (exact) mass is 170 g/mol. The molecule has 0 aliphatic heterocycles. The normalized spacial score (nSPS) is 10.2. The number of rotatable bonds is 4. The molecule has 0 saturated heterocycles. The van der Waals surface area contributed by atoms with E-state index >= 15 is 0 Å². The summed E-state index contributed by atoms with van der Waals surface area (Å²) in [6, 6.07) is 1.69. The van der Waals surface area contributed by atoms with Crippen molar-refractivity contribution in [3.05, 3.63) is 11.9 Å². The summed E-state index contributed by atoms with van der Waals surface area (Å²) in [4.78, 5) is 10.7. The van der Waals surface area contributed by atoms with Crippen LogP contribution in [-0.4, -0.2) is 19.6 Å². The zero-order chi connectivity index (χ0) is 9.40. The summed E-state index contributed by atoms with van der Waals surface area (Å²) >= 11 is 0. The van der Waals surface area contributed by atoms with Gasteiger partial charge in [0.15, 0.2) is 0 Å². The van der Waals surface area contributed by atoms with Gasteiger partial charge < -0.3 is 10.5 Å². The Morgan fingerprint density at radius 1 is 1.75 bits per heavy atom. The van der Waals surface area contributed by atoms with Crippen molar-refractivity contribution in [2.24, 2.45) is 5.73 Å². The Morgan fingerprint density at radius 3 is 2.92 bits per heavy atom. The summed E-state index contributed by atoms with van der Waals surface area (Å²) < 4.78 is 4.52. The van der Waals surface area contributed by atoms with Crippen molar-refractivity contribution < 1.29 is 9.53 Å². The molecule has 0 radical (unpaired) electrons. The minimum absolute atomic E-state index is 0.0627. The molecule has 0 bridgehead atoms. The Hall–Kier alpha value is -1.74. The van der Waals surface area contributed by atoms with Gasteiger partial charge in [-0.15, -0.1) is 0 Å². The molecule has 0 aromatic rings. The predicted octanol–water partition coefficient (Wildman–Crippen LogP) is -1.42. The fourth-order valence-corrected chi connectivity index (χ4v) is 0.415. The van der Waals surface area contributed by atoms with Crippen molar-refractivity contribution in [3.8, 4) is 6.07 Å². The van der Waals surface area contributed by atoms with Crippen molar-refractivity contribution >= 4 is 5.91 Å². The number of allylic oxidation sites excluding steroid dienone is 1.